The van der Waals surface area contributed by atoms with Gasteiger partial charge in [-0.05, 0) is 100 Å². The lowest BCUT2D eigenvalue weighted by molar-refractivity contribution is -0.144. The minimum atomic E-state index is -0.609. The molecule has 1 aromatic rings. The second-order valence-electron chi connectivity index (χ2n) is 9.64. The van der Waals surface area contributed by atoms with Gasteiger partial charge in [0.15, 0.2) is 0 Å². The number of unbranched alkanes of at least 4 members (excludes halogenated alkanes) is 3. The molecule has 1 aromatic carbocycles. The molecular formula is C25H36O4. The van der Waals surface area contributed by atoms with E-state index in [1.54, 1.807) is 0 Å². The summed E-state index contributed by atoms with van der Waals surface area (Å²) in [6.07, 6.45) is 12.4. The molecule has 0 spiro atoms. The predicted molar refractivity (Wildman–Crippen MR) is 114 cm³/mol. The molecule has 0 aliphatic heterocycles. The first-order chi connectivity index (χ1) is 13.8. The molecule has 160 valence electrons. The zero-order valence-electron chi connectivity index (χ0n) is 18.1. The van der Waals surface area contributed by atoms with Gasteiger partial charge in [0.1, 0.15) is 0 Å². The van der Waals surface area contributed by atoms with Crippen LogP contribution in [-0.4, -0.2) is 22.2 Å². The fraction of sp³-hybridized carbons (Fsp3) is 0.680. The lowest BCUT2D eigenvalue weighted by atomic mass is 9.92. The standard InChI is InChI=1S/C25H36O4/c1-18-16-20(8-4-3-6-10-24(12-13-24)22(26)27)17-21(19(18)2)9-5-7-11-25(14-15-25)23(28)29/h16-17H,3-15H2,1-2H3,(H,26,27)(H,28,29). The fourth-order valence-corrected chi connectivity index (χ4v) is 4.61. The molecule has 0 unspecified atom stereocenters. The number of hydrogen-bond acceptors (Lipinski definition) is 2. The number of benzene rings is 1. The van der Waals surface area contributed by atoms with Gasteiger partial charge in [0.05, 0.1) is 10.8 Å². The Kier molecular flexibility index (Phi) is 6.70. The Morgan fingerprint density at radius 3 is 1.83 bits per heavy atom. The third kappa shape index (κ3) is 5.40. The van der Waals surface area contributed by atoms with Crippen LogP contribution in [0.2, 0.25) is 0 Å². The highest BCUT2D eigenvalue weighted by Gasteiger charge is 2.49. The van der Waals surface area contributed by atoms with E-state index in [-0.39, 0.29) is 5.41 Å². The predicted octanol–water partition coefficient (Wildman–Crippen LogP) is 5.85. The van der Waals surface area contributed by atoms with Gasteiger partial charge in [-0.1, -0.05) is 31.4 Å². The van der Waals surface area contributed by atoms with Crippen LogP contribution < -0.4 is 0 Å². The zero-order chi connectivity index (χ0) is 21.1. The second-order valence-corrected chi connectivity index (χ2v) is 9.64. The maximum atomic E-state index is 11.3. The van der Waals surface area contributed by atoms with Gasteiger partial charge in [-0.3, -0.25) is 9.59 Å². The van der Waals surface area contributed by atoms with Crippen molar-refractivity contribution in [2.45, 2.75) is 97.3 Å². The summed E-state index contributed by atoms with van der Waals surface area (Å²) >= 11 is 0. The molecule has 4 nitrogen and oxygen atoms in total. The molecule has 0 radical (unpaired) electrons. The largest absolute Gasteiger partial charge is 0.481 e. The van der Waals surface area contributed by atoms with Gasteiger partial charge in [-0.2, -0.15) is 0 Å². The summed E-state index contributed by atoms with van der Waals surface area (Å²) in [4.78, 5) is 22.5. The highest BCUT2D eigenvalue weighted by Crippen LogP contribution is 2.50. The highest BCUT2D eigenvalue weighted by atomic mass is 16.4. The number of carbonyl (C=O) groups is 2. The molecule has 29 heavy (non-hydrogen) atoms. The molecule has 2 saturated carbocycles. The topological polar surface area (TPSA) is 74.6 Å². The van der Waals surface area contributed by atoms with Gasteiger partial charge in [-0.25, -0.2) is 0 Å². The summed E-state index contributed by atoms with van der Waals surface area (Å²) in [6, 6.07) is 4.63. The van der Waals surface area contributed by atoms with Crippen molar-refractivity contribution < 1.29 is 19.8 Å². The number of aliphatic carboxylic acids is 2. The van der Waals surface area contributed by atoms with Gasteiger partial charge in [0, 0.05) is 0 Å². The molecule has 0 amide bonds. The summed E-state index contributed by atoms with van der Waals surface area (Å²) in [6.45, 7) is 4.37. The first kappa shape index (κ1) is 21.9. The summed E-state index contributed by atoms with van der Waals surface area (Å²) in [7, 11) is 0. The number of rotatable bonds is 13. The average Bonchev–Trinajstić information content (AvgIpc) is 3.57. The van der Waals surface area contributed by atoms with Crippen molar-refractivity contribution in [3.05, 3.63) is 34.4 Å². The quantitative estimate of drug-likeness (QED) is 0.407. The SMILES string of the molecule is Cc1cc(CCCCCC2(C(=O)O)CC2)cc(CCCCC2(C(=O)O)CC2)c1C. The van der Waals surface area contributed by atoms with E-state index in [1.807, 2.05) is 0 Å². The maximum Gasteiger partial charge on any atom is 0.309 e. The van der Waals surface area contributed by atoms with Crippen molar-refractivity contribution in [2.24, 2.45) is 10.8 Å². The van der Waals surface area contributed by atoms with Crippen molar-refractivity contribution in [2.75, 3.05) is 0 Å². The van der Waals surface area contributed by atoms with Gasteiger partial charge < -0.3 is 10.2 Å². The molecule has 2 fully saturated rings. The van der Waals surface area contributed by atoms with Crippen molar-refractivity contribution in [3.63, 3.8) is 0 Å². The lowest BCUT2D eigenvalue weighted by Crippen LogP contribution is -2.14. The minimum absolute atomic E-state index is 0.382. The van der Waals surface area contributed by atoms with E-state index in [9.17, 15) is 19.8 Å². The molecule has 0 aromatic heterocycles. The van der Waals surface area contributed by atoms with Crippen LogP contribution in [0.4, 0.5) is 0 Å². The van der Waals surface area contributed by atoms with Crippen molar-refractivity contribution in [1.82, 2.24) is 0 Å². The molecule has 4 heteroatoms. The van der Waals surface area contributed by atoms with Crippen LogP contribution in [0, 0.1) is 24.7 Å². The van der Waals surface area contributed by atoms with Crippen molar-refractivity contribution in [3.8, 4) is 0 Å². The van der Waals surface area contributed by atoms with E-state index >= 15 is 0 Å². The molecule has 0 atom stereocenters. The molecule has 3 rings (SSSR count). The van der Waals surface area contributed by atoms with Crippen LogP contribution in [0.25, 0.3) is 0 Å². The van der Waals surface area contributed by atoms with Crippen LogP contribution >= 0.6 is 0 Å². The third-order valence-corrected chi connectivity index (χ3v) is 7.42. The Balaban J connectivity index is 1.42. The number of aryl methyl sites for hydroxylation is 3. The van der Waals surface area contributed by atoms with E-state index in [2.05, 4.69) is 26.0 Å². The first-order valence-electron chi connectivity index (χ1n) is 11.3. The molecule has 0 bridgehead atoms. The molecule has 0 heterocycles. The van der Waals surface area contributed by atoms with Crippen LogP contribution in [0.1, 0.15) is 92.9 Å². The van der Waals surface area contributed by atoms with E-state index in [4.69, 9.17) is 0 Å². The number of carboxylic acids is 2. The van der Waals surface area contributed by atoms with Crippen LogP contribution in [0.15, 0.2) is 12.1 Å². The van der Waals surface area contributed by atoms with Crippen LogP contribution in [0.5, 0.6) is 0 Å². The Hall–Kier alpha value is -1.84. The number of carboxylic acid groups (broad SMARTS) is 2. The molecule has 2 N–H and O–H groups in total. The lowest BCUT2D eigenvalue weighted by Gasteiger charge is -2.14. The highest BCUT2D eigenvalue weighted by molar-refractivity contribution is 5.78. The molecule has 2 aliphatic carbocycles. The van der Waals surface area contributed by atoms with Crippen molar-refractivity contribution in [1.29, 1.82) is 0 Å². The summed E-state index contributed by atoms with van der Waals surface area (Å²) in [5.74, 6) is -1.21. The van der Waals surface area contributed by atoms with E-state index in [0.717, 1.165) is 83.5 Å². The summed E-state index contributed by atoms with van der Waals surface area (Å²) in [5, 5.41) is 18.6. The van der Waals surface area contributed by atoms with Gasteiger partial charge in [0.25, 0.3) is 0 Å². The van der Waals surface area contributed by atoms with Crippen LogP contribution in [0.3, 0.4) is 0 Å². The van der Waals surface area contributed by atoms with E-state index in [1.165, 1.54) is 22.3 Å². The monoisotopic (exact) mass is 400 g/mol. The maximum absolute atomic E-state index is 11.3. The third-order valence-electron chi connectivity index (χ3n) is 7.42. The Bertz CT molecular complexity index is 756. The van der Waals surface area contributed by atoms with Gasteiger partial charge in [-0.15, -0.1) is 0 Å². The Labute approximate surface area is 174 Å². The summed E-state index contributed by atoms with van der Waals surface area (Å²) in [5.41, 5.74) is 4.71. The zero-order valence-corrected chi connectivity index (χ0v) is 18.1. The van der Waals surface area contributed by atoms with E-state index in [0.29, 0.717) is 0 Å². The second kappa shape index (κ2) is 8.89. The van der Waals surface area contributed by atoms with Gasteiger partial charge in [0.2, 0.25) is 0 Å². The minimum Gasteiger partial charge on any atom is -0.481 e. The Morgan fingerprint density at radius 2 is 1.31 bits per heavy atom. The molecule has 2 aliphatic rings. The normalized spacial score (nSPS) is 18.4. The van der Waals surface area contributed by atoms with E-state index < -0.39 is 17.4 Å². The fourth-order valence-electron chi connectivity index (χ4n) is 4.61. The molecular weight excluding hydrogens is 364 g/mol. The Morgan fingerprint density at radius 1 is 0.793 bits per heavy atom. The van der Waals surface area contributed by atoms with Crippen molar-refractivity contribution >= 4 is 11.9 Å². The smallest absolute Gasteiger partial charge is 0.309 e. The summed E-state index contributed by atoms with van der Waals surface area (Å²) < 4.78 is 0. The average molecular weight is 401 g/mol. The first-order valence-corrected chi connectivity index (χ1v) is 11.3. The molecule has 0 saturated heterocycles. The van der Waals surface area contributed by atoms with Crippen LogP contribution in [-0.2, 0) is 22.4 Å². The number of hydrogen-bond donors (Lipinski definition) is 2. The van der Waals surface area contributed by atoms with Gasteiger partial charge >= 0.3 is 11.9 Å².